The number of nitrogens with two attached hydrogens (primary N) is 2. The molecule has 0 saturated carbocycles. The first-order valence-electron chi connectivity index (χ1n) is 9.51. The van der Waals surface area contributed by atoms with Gasteiger partial charge >= 0.3 is 5.97 Å². The number of carboxylic acid groups (broad SMARTS) is 1. The van der Waals surface area contributed by atoms with Crippen LogP contribution in [0.3, 0.4) is 0 Å². The Kier molecular flexibility index (Phi) is 6.42. The number of amides is 2. The Hall–Kier alpha value is -2.61. The van der Waals surface area contributed by atoms with Crippen LogP contribution in [0.25, 0.3) is 0 Å². The van der Waals surface area contributed by atoms with E-state index >= 15 is 0 Å². The molecule has 168 valence electrons. The highest BCUT2D eigenvalue weighted by molar-refractivity contribution is 8.01. The molecule has 4 rings (SSSR count). The summed E-state index contributed by atoms with van der Waals surface area (Å²) in [7, 11) is 1.92. The predicted molar refractivity (Wildman–Crippen MR) is 121 cm³/mol. The number of carboxylic acids is 1. The van der Waals surface area contributed by atoms with Crippen LogP contribution in [-0.2, 0) is 21.4 Å². The van der Waals surface area contributed by atoms with E-state index in [-0.39, 0.29) is 5.70 Å². The minimum Gasteiger partial charge on any atom is -0.477 e. The molecule has 13 heteroatoms. The molecule has 3 atom stereocenters. The minimum absolute atomic E-state index is 0.00481. The van der Waals surface area contributed by atoms with Crippen molar-refractivity contribution in [2.75, 3.05) is 17.2 Å². The summed E-state index contributed by atoms with van der Waals surface area (Å²) in [6.45, 7) is 0. The molecule has 2 aliphatic heterocycles. The fraction of sp³-hybridized carbons (Fsp3) is 0.316. The van der Waals surface area contributed by atoms with Gasteiger partial charge in [-0.3, -0.25) is 14.5 Å². The summed E-state index contributed by atoms with van der Waals surface area (Å²) in [5, 5.41) is 13.8. The number of pyridine rings is 1. The molecule has 2 amide bonds. The number of rotatable bonds is 7. The van der Waals surface area contributed by atoms with Gasteiger partial charge in [0.2, 0.25) is 5.91 Å². The van der Waals surface area contributed by atoms with Gasteiger partial charge in [0.25, 0.3) is 5.91 Å². The zero-order valence-corrected chi connectivity index (χ0v) is 19.4. The number of nitrogens with one attached hydrogen (secondary N) is 1. The number of carbonyl (C=O) groups is 3. The Bertz CT molecular complexity index is 1100. The summed E-state index contributed by atoms with van der Waals surface area (Å²) in [5.74, 6) is -1.28. The van der Waals surface area contributed by atoms with Crippen LogP contribution in [0.15, 0.2) is 46.1 Å². The van der Waals surface area contributed by atoms with Gasteiger partial charge in [-0.15, -0.1) is 34.9 Å². The van der Waals surface area contributed by atoms with Crippen molar-refractivity contribution in [2.24, 2.45) is 12.8 Å². The van der Waals surface area contributed by atoms with E-state index in [0.717, 1.165) is 4.90 Å². The lowest BCUT2D eigenvalue weighted by Gasteiger charge is -2.49. The van der Waals surface area contributed by atoms with Crippen LogP contribution in [0.2, 0.25) is 0 Å². The van der Waals surface area contributed by atoms with Gasteiger partial charge in [-0.1, -0.05) is 0 Å². The Morgan fingerprint density at radius 1 is 1.44 bits per heavy atom. The van der Waals surface area contributed by atoms with E-state index in [0.29, 0.717) is 27.9 Å². The van der Waals surface area contributed by atoms with Crippen molar-refractivity contribution in [1.82, 2.24) is 15.2 Å². The smallest absolute Gasteiger partial charge is 0.352 e. The Labute approximate surface area is 196 Å². The Morgan fingerprint density at radius 2 is 2.16 bits per heavy atom. The van der Waals surface area contributed by atoms with E-state index in [4.69, 9.17) is 11.5 Å². The molecule has 32 heavy (non-hydrogen) atoms. The van der Waals surface area contributed by atoms with Crippen LogP contribution in [-0.4, -0.2) is 55.7 Å². The van der Waals surface area contributed by atoms with E-state index < -0.39 is 35.2 Å². The van der Waals surface area contributed by atoms with Crippen molar-refractivity contribution in [3.8, 4) is 0 Å². The lowest BCUT2D eigenvalue weighted by molar-refractivity contribution is -0.671. The van der Waals surface area contributed by atoms with Crippen molar-refractivity contribution in [3.05, 3.63) is 46.9 Å². The van der Waals surface area contributed by atoms with Gasteiger partial charge in [-0.2, -0.15) is 0 Å². The molecular weight excluding hydrogens is 472 g/mol. The zero-order valence-electron chi connectivity index (χ0n) is 16.9. The molecule has 4 heterocycles. The van der Waals surface area contributed by atoms with Gasteiger partial charge < -0.3 is 21.9 Å². The average Bonchev–Trinajstić information content (AvgIpc) is 3.21. The molecule has 2 aromatic heterocycles. The minimum atomic E-state index is -1.15. The lowest BCUT2D eigenvalue weighted by atomic mass is 10.0. The molecule has 0 spiro atoms. The summed E-state index contributed by atoms with van der Waals surface area (Å²) in [6, 6.07) is 1.99. The van der Waals surface area contributed by atoms with E-state index in [9.17, 15) is 19.5 Å². The van der Waals surface area contributed by atoms with Gasteiger partial charge in [-0.25, -0.2) is 14.3 Å². The SMILES string of the molecule is C[n+]1ccc(SCC2=C(C(=O)O)N3C(=O)[C@@H](NC(=O)C(N)c4csc(N)n4)[C@H]3SC2)cc1. The number of fused-ring (bicyclic) bond motifs is 1. The van der Waals surface area contributed by atoms with Crippen molar-refractivity contribution in [2.45, 2.75) is 22.4 Å². The number of nitrogen functional groups attached to an aromatic ring is 1. The van der Waals surface area contributed by atoms with Crippen LogP contribution in [0, 0.1) is 0 Å². The summed E-state index contributed by atoms with van der Waals surface area (Å²) in [4.78, 5) is 43.5. The lowest BCUT2D eigenvalue weighted by Crippen LogP contribution is -2.71. The first kappa shape index (κ1) is 22.6. The Morgan fingerprint density at radius 3 is 2.78 bits per heavy atom. The number of thiazole rings is 1. The van der Waals surface area contributed by atoms with Crippen LogP contribution in [0.4, 0.5) is 5.13 Å². The number of aliphatic carboxylic acids is 1. The molecule has 1 saturated heterocycles. The highest BCUT2D eigenvalue weighted by Crippen LogP contribution is 2.41. The van der Waals surface area contributed by atoms with Gasteiger partial charge in [-0.05, 0) is 5.57 Å². The molecule has 1 unspecified atom stereocenters. The highest BCUT2D eigenvalue weighted by Gasteiger charge is 2.54. The molecule has 10 nitrogen and oxygen atoms in total. The van der Waals surface area contributed by atoms with Crippen molar-refractivity contribution in [3.63, 3.8) is 0 Å². The quantitative estimate of drug-likeness (QED) is 0.238. The fourth-order valence-electron chi connectivity index (χ4n) is 3.37. The molecule has 2 aliphatic rings. The number of β-lactam (4-membered cyclic amide) rings is 1. The molecule has 0 aromatic carbocycles. The van der Waals surface area contributed by atoms with Gasteiger partial charge in [0.1, 0.15) is 30.2 Å². The number of thioether (sulfide) groups is 2. The third kappa shape index (κ3) is 4.33. The monoisotopic (exact) mass is 493 g/mol. The highest BCUT2D eigenvalue weighted by atomic mass is 32.2. The second kappa shape index (κ2) is 9.10. The number of aryl methyl sites for hydroxylation is 1. The van der Waals surface area contributed by atoms with Crippen LogP contribution >= 0.6 is 34.9 Å². The second-order valence-electron chi connectivity index (χ2n) is 7.23. The van der Waals surface area contributed by atoms with Crippen LogP contribution in [0.1, 0.15) is 11.7 Å². The van der Waals surface area contributed by atoms with Gasteiger partial charge in [0.05, 0.1) is 5.69 Å². The number of nitrogens with zero attached hydrogens (tertiary/aromatic N) is 3. The van der Waals surface area contributed by atoms with E-state index in [1.165, 1.54) is 39.8 Å². The van der Waals surface area contributed by atoms with Crippen molar-refractivity contribution < 1.29 is 24.1 Å². The van der Waals surface area contributed by atoms with E-state index in [2.05, 4.69) is 10.3 Å². The molecule has 2 aromatic rings. The summed E-state index contributed by atoms with van der Waals surface area (Å²) >= 11 is 4.10. The molecular formula is C19H21N6O4S3+. The van der Waals surface area contributed by atoms with Crippen molar-refractivity contribution >= 4 is 57.8 Å². The zero-order chi connectivity index (χ0) is 23.0. The van der Waals surface area contributed by atoms with Crippen LogP contribution in [0.5, 0.6) is 0 Å². The Balaban J connectivity index is 1.45. The standard InChI is InChI=1S/C19H20N6O4S3/c1-24-4-2-10(3-5-24)30-6-9-7-31-17-13(16(27)25(17)14(9)18(28)29)23-15(26)12(20)11-8-32-19(21)22-11/h2-5,8,12-13,17H,6-7,20H2,1H3,(H3-,21,22,23,26,28,29)/p+1/t12?,13-,17-/m1/s1. The molecule has 1 fully saturated rings. The fourth-order valence-corrected chi connectivity index (χ4v) is 6.34. The summed E-state index contributed by atoms with van der Waals surface area (Å²) in [6.07, 6.45) is 3.83. The number of carbonyl (C=O) groups excluding carboxylic acids is 2. The maximum absolute atomic E-state index is 12.8. The third-order valence-electron chi connectivity index (χ3n) is 5.05. The topological polar surface area (TPSA) is 156 Å². The first-order valence-corrected chi connectivity index (χ1v) is 12.4. The number of aromatic nitrogens is 2. The largest absolute Gasteiger partial charge is 0.477 e. The normalized spacial score (nSPS) is 21.1. The molecule has 0 radical (unpaired) electrons. The summed E-state index contributed by atoms with van der Waals surface area (Å²) in [5.41, 5.74) is 12.5. The van der Waals surface area contributed by atoms with Gasteiger partial charge in [0.15, 0.2) is 17.5 Å². The van der Waals surface area contributed by atoms with E-state index in [1.54, 1.807) is 5.38 Å². The molecule has 0 aliphatic carbocycles. The van der Waals surface area contributed by atoms with Crippen molar-refractivity contribution in [1.29, 1.82) is 0 Å². The number of hydrogen-bond donors (Lipinski definition) is 4. The predicted octanol–water partition coefficient (Wildman–Crippen LogP) is 0.0805. The molecule has 0 bridgehead atoms. The van der Waals surface area contributed by atoms with Crippen LogP contribution < -0.4 is 21.4 Å². The second-order valence-corrected chi connectivity index (χ2v) is 10.3. The third-order valence-corrected chi connectivity index (χ3v) is 8.18. The van der Waals surface area contributed by atoms with E-state index in [1.807, 2.05) is 36.1 Å². The average molecular weight is 494 g/mol. The maximum Gasteiger partial charge on any atom is 0.352 e. The summed E-state index contributed by atoms with van der Waals surface area (Å²) < 4.78 is 1.91. The number of anilines is 1. The molecule has 6 N–H and O–H groups in total. The van der Waals surface area contributed by atoms with Gasteiger partial charge in [0, 0.05) is 33.9 Å². The maximum atomic E-state index is 12.8. The number of hydrogen-bond acceptors (Lipinski definition) is 9. The first-order chi connectivity index (χ1) is 15.3.